The molecule has 4 N–H and O–H groups in total. The van der Waals surface area contributed by atoms with E-state index in [1.54, 1.807) is 38.1 Å². The van der Waals surface area contributed by atoms with E-state index in [4.69, 9.17) is 22.1 Å². The van der Waals surface area contributed by atoms with Crippen molar-refractivity contribution in [1.29, 1.82) is 0 Å². The van der Waals surface area contributed by atoms with Crippen LogP contribution in [0.5, 0.6) is 5.75 Å². The van der Waals surface area contributed by atoms with Crippen molar-refractivity contribution in [3.8, 4) is 5.75 Å². The molecule has 8 heteroatoms. The lowest BCUT2D eigenvalue weighted by molar-refractivity contribution is -0.120. The van der Waals surface area contributed by atoms with E-state index in [0.717, 1.165) is 5.56 Å². The molecule has 1 aromatic carbocycles. The quantitative estimate of drug-likeness (QED) is 0.372. The Labute approximate surface area is 176 Å². The monoisotopic (exact) mass is 425 g/mol. The molecule has 0 spiro atoms. The fourth-order valence-corrected chi connectivity index (χ4v) is 2.50. The predicted octanol–water partition coefficient (Wildman–Crippen LogP) is 3.75. The van der Waals surface area contributed by atoms with Gasteiger partial charge in [0.2, 0.25) is 5.91 Å². The Kier molecular flexibility index (Phi) is 10.8. The molecule has 1 atom stereocenters. The SMILES string of the molecule is CC/C=C(\C=C(/N)NC(=O)CC)C(=O)NCc1ccc(OCC(F)CC)c(Cl)c1. The summed E-state index contributed by atoms with van der Waals surface area (Å²) < 4.78 is 18.7. The fourth-order valence-electron chi connectivity index (χ4n) is 2.24. The first-order chi connectivity index (χ1) is 13.8. The van der Waals surface area contributed by atoms with Crippen LogP contribution in [0.2, 0.25) is 5.02 Å². The molecule has 1 unspecified atom stereocenters. The molecular weight excluding hydrogens is 397 g/mol. The van der Waals surface area contributed by atoms with Gasteiger partial charge in [0, 0.05) is 18.5 Å². The van der Waals surface area contributed by atoms with Crippen LogP contribution in [0.25, 0.3) is 0 Å². The van der Waals surface area contributed by atoms with E-state index in [1.807, 2.05) is 6.92 Å². The van der Waals surface area contributed by atoms with Gasteiger partial charge in [-0.15, -0.1) is 0 Å². The van der Waals surface area contributed by atoms with Crippen LogP contribution in [-0.2, 0) is 16.1 Å². The number of ether oxygens (including phenoxy) is 1. The third kappa shape index (κ3) is 9.00. The largest absolute Gasteiger partial charge is 0.489 e. The van der Waals surface area contributed by atoms with E-state index in [9.17, 15) is 14.0 Å². The minimum absolute atomic E-state index is 0.0558. The van der Waals surface area contributed by atoms with Crippen LogP contribution in [0.15, 0.2) is 41.7 Å². The lowest BCUT2D eigenvalue weighted by atomic mass is 10.1. The van der Waals surface area contributed by atoms with Gasteiger partial charge in [0.1, 0.15) is 24.3 Å². The van der Waals surface area contributed by atoms with Crippen molar-refractivity contribution in [1.82, 2.24) is 10.6 Å². The zero-order valence-corrected chi connectivity index (χ0v) is 17.8. The number of halogens is 2. The van der Waals surface area contributed by atoms with Gasteiger partial charge >= 0.3 is 0 Å². The Balaban J connectivity index is 2.73. The summed E-state index contributed by atoms with van der Waals surface area (Å²) in [5.41, 5.74) is 6.88. The molecule has 0 bridgehead atoms. The lowest BCUT2D eigenvalue weighted by Crippen LogP contribution is -2.29. The molecule has 0 saturated heterocycles. The number of alkyl halides is 1. The number of nitrogens with two attached hydrogens (primary N) is 1. The standard InChI is InChI=1S/C21H29ClFN3O3/c1-4-7-15(11-19(24)26-20(27)6-3)21(28)25-12-14-8-9-18(17(22)10-14)29-13-16(23)5-2/h7-11,16H,4-6,12-13,24H2,1-3H3,(H,25,28)(H,26,27)/b15-7+,19-11+. The van der Waals surface area contributed by atoms with Gasteiger partial charge in [-0.3, -0.25) is 9.59 Å². The molecule has 0 heterocycles. The molecule has 0 aromatic heterocycles. The zero-order chi connectivity index (χ0) is 21.8. The number of allylic oxidation sites excluding steroid dienone is 1. The lowest BCUT2D eigenvalue weighted by Gasteiger charge is -2.12. The van der Waals surface area contributed by atoms with Crippen LogP contribution in [0.4, 0.5) is 4.39 Å². The summed E-state index contributed by atoms with van der Waals surface area (Å²) in [5, 5.41) is 5.63. The average molecular weight is 426 g/mol. The Morgan fingerprint density at radius 1 is 1.31 bits per heavy atom. The molecule has 29 heavy (non-hydrogen) atoms. The van der Waals surface area contributed by atoms with Crippen LogP contribution >= 0.6 is 11.6 Å². The van der Waals surface area contributed by atoms with E-state index in [1.165, 1.54) is 6.08 Å². The predicted molar refractivity (Wildman–Crippen MR) is 113 cm³/mol. The van der Waals surface area contributed by atoms with Crippen LogP contribution in [0.1, 0.15) is 45.6 Å². The number of nitrogens with one attached hydrogen (secondary N) is 2. The van der Waals surface area contributed by atoms with Crippen LogP contribution < -0.4 is 21.1 Å². The van der Waals surface area contributed by atoms with Crippen LogP contribution in [0, 0.1) is 0 Å². The number of hydrogen-bond acceptors (Lipinski definition) is 4. The Bertz CT molecular complexity index is 766. The Morgan fingerprint density at radius 3 is 2.62 bits per heavy atom. The highest BCUT2D eigenvalue weighted by Gasteiger charge is 2.11. The van der Waals surface area contributed by atoms with Gasteiger partial charge < -0.3 is 21.1 Å². The number of hydrogen-bond donors (Lipinski definition) is 3. The second kappa shape index (κ2) is 12.8. The molecule has 0 aliphatic rings. The van der Waals surface area contributed by atoms with E-state index in [2.05, 4.69) is 10.6 Å². The number of amides is 2. The molecule has 0 aliphatic carbocycles. The third-order valence-corrected chi connectivity index (χ3v) is 4.21. The summed E-state index contributed by atoms with van der Waals surface area (Å²) >= 11 is 6.18. The van der Waals surface area contributed by atoms with Crippen molar-refractivity contribution in [2.24, 2.45) is 5.73 Å². The summed E-state index contributed by atoms with van der Waals surface area (Å²) in [6.07, 6.45) is 3.38. The molecule has 6 nitrogen and oxygen atoms in total. The third-order valence-electron chi connectivity index (χ3n) is 3.91. The molecule has 0 aliphatic heterocycles. The Hall–Kier alpha value is -2.54. The summed E-state index contributed by atoms with van der Waals surface area (Å²) in [6.45, 7) is 5.51. The maximum atomic E-state index is 13.3. The molecular formula is C21H29ClFN3O3. The summed E-state index contributed by atoms with van der Waals surface area (Å²) in [5.74, 6) is -0.0635. The van der Waals surface area contributed by atoms with Gasteiger partial charge in [-0.25, -0.2) is 4.39 Å². The Morgan fingerprint density at radius 2 is 2.03 bits per heavy atom. The second-order valence-corrected chi connectivity index (χ2v) is 6.74. The highest BCUT2D eigenvalue weighted by atomic mass is 35.5. The second-order valence-electron chi connectivity index (χ2n) is 6.33. The van der Waals surface area contributed by atoms with Gasteiger partial charge in [-0.2, -0.15) is 0 Å². The fraction of sp³-hybridized carbons (Fsp3) is 0.429. The normalized spacial score (nSPS) is 13.0. The van der Waals surface area contributed by atoms with E-state index < -0.39 is 6.17 Å². The van der Waals surface area contributed by atoms with Gasteiger partial charge in [0.05, 0.1) is 5.02 Å². The first kappa shape index (κ1) is 24.5. The molecule has 2 amide bonds. The maximum Gasteiger partial charge on any atom is 0.251 e. The first-order valence-electron chi connectivity index (χ1n) is 9.61. The minimum atomic E-state index is -1.04. The first-order valence-corrected chi connectivity index (χ1v) is 9.99. The highest BCUT2D eigenvalue weighted by molar-refractivity contribution is 6.32. The maximum absolute atomic E-state index is 13.3. The summed E-state index contributed by atoms with van der Waals surface area (Å²) in [7, 11) is 0. The van der Waals surface area contributed by atoms with Crippen molar-refractivity contribution < 1.29 is 18.7 Å². The van der Waals surface area contributed by atoms with E-state index >= 15 is 0 Å². The van der Waals surface area contributed by atoms with Gasteiger partial charge in [-0.05, 0) is 36.6 Å². The van der Waals surface area contributed by atoms with Crippen molar-refractivity contribution in [3.63, 3.8) is 0 Å². The number of carbonyl (C=O) groups excluding carboxylic acids is 2. The van der Waals surface area contributed by atoms with E-state index in [0.29, 0.717) is 35.6 Å². The summed E-state index contributed by atoms with van der Waals surface area (Å²) in [4.78, 5) is 23.9. The van der Waals surface area contributed by atoms with E-state index in [-0.39, 0.29) is 30.8 Å². The minimum Gasteiger partial charge on any atom is -0.489 e. The molecule has 0 radical (unpaired) electrons. The van der Waals surface area contributed by atoms with Gasteiger partial charge in [0.15, 0.2) is 0 Å². The van der Waals surface area contributed by atoms with Crippen LogP contribution in [-0.4, -0.2) is 24.6 Å². The van der Waals surface area contributed by atoms with Gasteiger partial charge in [-0.1, -0.05) is 44.5 Å². The molecule has 0 saturated carbocycles. The smallest absolute Gasteiger partial charge is 0.251 e. The average Bonchev–Trinajstić information content (AvgIpc) is 2.70. The van der Waals surface area contributed by atoms with Gasteiger partial charge in [0.25, 0.3) is 5.91 Å². The van der Waals surface area contributed by atoms with Crippen molar-refractivity contribution in [2.45, 2.75) is 52.8 Å². The number of benzene rings is 1. The highest BCUT2D eigenvalue weighted by Crippen LogP contribution is 2.26. The zero-order valence-electron chi connectivity index (χ0n) is 17.1. The van der Waals surface area contributed by atoms with Crippen molar-refractivity contribution in [3.05, 3.63) is 52.3 Å². The molecule has 0 fully saturated rings. The topological polar surface area (TPSA) is 93.5 Å². The molecule has 1 aromatic rings. The molecule has 1 rings (SSSR count). The number of carbonyl (C=O) groups is 2. The summed E-state index contributed by atoms with van der Waals surface area (Å²) in [6, 6.07) is 5.05. The van der Waals surface area contributed by atoms with Crippen molar-refractivity contribution >= 4 is 23.4 Å². The van der Waals surface area contributed by atoms with Crippen LogP contribution in [0.3, 0.4) is 0 Å². The number of rotatable bonds is 11. The van der Waals surface area contributed by atoms with Crippen molar-refractivity contribution in [2.75, 3.05) is 6.61 Å². The molecule has 160 valence electrons.